The fraction of sp³-hybridized carbons (Fsp3) is 0.442. The number of thiophene rings is 1. The predicted octanol–water partition coefficient (Wildman–Crippen LogP) is 7.16. The van der Waals surface area contributed by atoms with Gasteiger partial charge in [0, 0.05) is 71.2 Å². The van der Waals surface area contributed by atoms with Crippen LogP contribution in [0.3, 0.4) is 0 Å². The van der Waals surface area contributed by atoms with Crippen LogP contribution in [0.1, 0.15) is 84.9 Å². The number of hydrogen-bond acceptors (Lipinski definition) is 16. The van der Waals surface area contributed by atoms with E-state index in [9.17, 15) is 22.8 Å². The average Bonchev–Trinajstić information content (AvgIpc) is 4.03. The molecule has 0 radical (unpaired) electrons. The van der Waals surface area contributed by atoms with Crippen molar-refractivity contribution in [1.82, 2.24) is 34.0 Å². The number of carbonyl (C=O) groups excluding carboxylic acids is 3. The van der Waals surface area contributed by atoms with Gasteiger partial charge in [-0.15, -0.1) is 21.5 Å². The molecule has 1 saturated heterocycles. The molecule has 0 bridgehead atoms. The number of fused-ring (bicyclic) bond motifs is 4. The normalized spacial score (nSPS) is 15.3. The van der Waals surface area contributed by atoms with E-state index in [2.05, 4.69) is 34.5 Å². The summed E-state index contributed by atoms with van der Waals surface area (Å²) in [5, 5.41) is 17.8. The van der Waals surface area contributed by atoms with Crippen LogP contribution in [0, 0.1) is 26.2 Å². The molecule has 1 fully saturated rings. The first-order valence-corrected chi connectivity index (χ1v) is 26.9. The number of nitrogens with zero attached hydrogens (tertiary/aromatic N) is 7. The zero-order chi connectivity index (χ0) is 52.7. The second-order valence-corrected chi connectivity index (χ2v) is 22.5. The quantitative estimate of drug-likeness (QED) is 0.0430. The molecule has 74 heavy (non-hydrogen) atoms. The number of hydrogen-bond donors (Lipinski definition) is 1. The monoisotopic (exact) mass is 1070 g/mol. The third-order valence-corrected chi connectivity index (χ3v) is 16.1. The van der Waals surface area contributed by atoms with Crippen LogP contribution < -0.4 is 10.1 Å². The third-order valence-electron chi connectivity index (χ3n) is 12.7. The number of aryl methyl sites for hydroxylation is 2. The van der Waals surface area contributed by atoms with Gasteiger partial charge in [-0.05, 0) is 102 Å². The molecule has 0 spiro atoms. The van der Waals surface area contributed by atoms with Crippen LogP contribution in [-0.2, 0) is 54.5 Å². The van der Waals surface area contributed by atoms with Crippen LogP contribution in [0.25, 0.3) is 21.6 Å². The minimum Gasteiger partial charge on any atom is -0.491 e. The van der Waals surface area contributed by atoms with Gasteiger partial charge in [-0.2, -0.15) is 9.40 Å². The van der Waals surface area contributed by atoms with E-state index in [1.165, 1.54) is 16.6 Å². The molecule has 6 aromatic rings. The second kappa shape index (κ2) is 23.6. The summed E-state index contributed by atoms with van der Waals surface area (Å²) in [6.45, 7) is 12.6. The lowest BCUT2D eigenvalue weighted by molar-refractivity contribution is -0.172. The summed E-state index contributed by atoms with van der Waals surface area (Å²) in [4.78, 5) is 44.6. The first kappa shape index (κ1) is 54.2. The maximum absolute atomic E-state index is 14.4. The zero-order valence-corrected chi connectivity index (χ0v) is 44.9. The van der Waals surface area contributed by atoms with Gasteiger partial charge in [0.25, 0.3) is 0 Å². The molecule has 0 aliphatic carbocycles. The number of rotatable bonds is 21. The van der Waals surface area contributed by atoms with Crippen molar-refractivity contribution >= 4 is 62.0 Å². The molecular weight excluding hydrogens is 1010 g/mol. The van der Waals surface area contributed by atoms with Gasteiger partial charge in [-0.3, -0.25) is 23.9 Å². The molecule has 2 aromatic carbocycles. The van der Waals surface area contributed by atoms with Gasteiger partial charge in [-0.1, -0.05) is 23.7 Å². The number of sulfonamides is 1. The second-order valence-electron chi connectivity index (χ2n) is 18.9. The SMILES string of the molecule is COC1CCN(S(=O)(=O)c2cc(OCCOCCOCCNC(=O)C[C@@H]3N=C(c4ccc(Cl)cc4)c4c(sc(C)c4C)-n4c(C)nnc43)ccc2-c2ccn3ncc(CC(=O)OCOC(=O)C(C)(C)C)c3c2)CC1. The van der Waals surface area contributed by atoms with E-state index in [1.807, 2.05) is 35.8 Å². The van der Waals surface area contributed by atoms with Crippen molar-refractivity contribution in [2.75, 3.05) is 66.6 Å². The number of benzene rings is 2. The van der Waals surface area contributed by atoms with Crippen molar-refractivity contribution in [1.29, 1.82) is 0 Å². The number of pyridine rings is 1. The van der Waals surface area contributed by atoms with E-state index < -0.39 is 40.2 Å². The summed E-state index contributed by atoms with van der Waals surface area (Å²) in [7, 11) is -2.40. The Kier molecular flexibility index (Phi) is 17.3. The van der Waals surface area contributed by atoms with Crippen LogP contribution in [0.5, 0.6) is 5.75 Å². The minimum absolute atomic E-state index is 0.0324. The first-order chi connectivity index (χ1) is 35.4. The number of carbonyl (C=O) groups is 3. The van der Waals surface area contributed by atoms with Crippen LogP contribution in [0.2, 0.25) is 5.02 Å². The Balaban J connectivity index is 0.839. The van der Waals surface area contributed by atoms with Crippen molar-refractivity contribution in [3.63, 3.8) is 0 Å². The topological polar surface area (TPSA) is 216 Å². The number of piperidine rings is 1. The number of ether oxygens (including phenoxy) is 6. The standard InChI is InChI=1S/C52H61ClN8O11S2/c1-32-33(2)73-50-47(32)48(35-8-10-38(53)11-9-35)56-42(49-58-57-34(3)61(49)50)29-45(62)54-17-21-68-22-23-69-24-25-70-40-12-13-41(44(28-40)74(65,66)59-18-15-39(67-7)16-19-59)36-14-20-60-43(26-36)37(30-55-60)27-46(63)71-31-72-51(64)52(4,5)6/h8-14,20,26,28,30,39,42H,15-19,21-25,27,29,31H2,1-7H3,(H,54,62)/t42-/m0/s1. The summed E-state index contributed by atoms with van der Waals surface area (Å²) in [5.41, 5.74) is 5.13. The number of halogens is 1. The molecule has 1 N–H and O–H groups in total. The summed E-state index contributed by atoms with van der Waals surface area (Å²) in [6, 6.07) is 15.4. The average molecular weight is 1070 g/mol. The van der Waals surface area contributed by atoms with Crippen molar-refractivity contribution < 1.29 is 51.2 Å². The Labute approximate surface area is 439 Å². The van der Waals surface area contributed by atoms with Gasteiger partial charge in [-0.25, -0.2) is 12.9 Å². The van der Waals surface area contributed by atoms with E-state index in [-0.39, 0.29) is 82.4 Å². The van der Waals surface area contributed by atoms with Crippen LogP contribution in [0.4, 0.5) is 0 Å². The van der Waals surface area contributed by atoms with Crippen molar-refractivity contribution in [3.8, 4) is 21.9 Å². The van der Waals surface area contributed by atoms with Crippen molar-refractivity contribution in [2.45, 2.75) is 84.3 Å². The molecule has 2 aliphatic rings. The minimum atomic E-state index is -4.02. The van der Waals surface area contributed by atoms with Gasteiger partial charge < -0.3 is 33.7 Å². The molecule has 19 nitrogen and oxygen atoms in total. The highest BCUT2D eigenvalue weighted by Crippen LogP contribution is 2.40. The molecule has 4 aromatic heterocycles. The summed E-state index contributed by atoms with van der Waals surface area (Å²) in [6.07, 6.45) is 4.20. The highest BCUT2D eigenvalue weighted by molar-refractivity contribution is 7.89. The molecule has 0 unspecified atom stereocenters. The summed E-state index contributed by atoms with van der Waals surface area (Å²) < 4.78 is 67.2. The Morgan fingerprint density at radius 3 is 2.35 bits per heavy atom. The molecule has 1 amide bonds. The van der Waals surface area contributed by atoms with Gasteiger partial charge in [0.15, 0.2) is 5.82 Å². The first-order valence-electron chi connectivity index (χ1n) is 24.3. The summed E-state index contributed by atoms with van der Waals surface area (Å²) in [5.74, 6) is 0.311. The number of nitrogens with one attached hydrogen (secondary N) is 1. The lowest BCUT2D eigenvalue weighted by Crippen LogP contribution is -2.40. The molecule has 394 valence electrons. The molecule has 2 aliphatic heterocycles. The maximum atomic E-state index is 14.4. The van der Waals surface area contributed by atoms with Gasteiger partial charge in [0.1, 0.15) is 29.2 Å². The van der Waals surface area contributed by atoms with E-state index in [0.29, 0.717) is 57.5 Å². The van der Waals surface area contributed by atoms with Crippen molar-refractivity contribution in [3.05, 3.63) is 111 Å². The van der Waals surface area contributed by atoms with E-state index in [0.717, 1.165) is 32.3 Å². The third kappa shape index (κ3) is 12.5. The Morgan fingerprint density at radius 2 is 1.62 bits per heavy atom. The molecule has 1 atom stereocenters. The predicted molar refractivity (Wildman–Crippen MR) is 278 cm³/mol. The lowest BCUT2D eigenvalue weighted by Gasteiger charge is -2.31. The number of aliphatic imine (C=N–C) groups is 1. The Morgan fingerprint density at radius 1 is 0.892 bits per heavy atom. The molecule has 0 saturated carbocycles. The number of aromatic nitrogens is 5. The van der Waals surface area contributed by atoms with E-state index >= 15 is 0 Å². The Bertz CT molecular complexity index is 3140. The highest BCUT2D eigenvalue weighted by Gasteiger charge is 2.34. The fourth-order valence-corrected chi connectivity index (χ4v) is 11.6. The fourth-order valence-electron chi connectivity index (χ4n) is 8.58. The van der Waals surface area contributed by atoms with Crippen LogP contribution in [-0.4, -0.2) is 133 Å². The highest BCUT2D eigenvalue weighted by atomic mass is 35.5. The Hall–Kier alpha value is -6.07. The molecular formula is C52H61ClN8O11S2. The number of methoxy groups -OCH3 is 1. The van der Waals surface area contributed by atoms with Gasteiger partial charge >= 0.3 is 11.9 Å². The smallest absolute Gasteiger partial charge is 0.314 e. The van der Waals surface area contributed by atoms with Crippen molar-refractivity contribution in [2.24, 2.45) is 10.4 Å². The van der Waals surface area contributed by atoms with E-state index in [4.69, 9.17) is 45.0 Å². The lowest BCUT2D eigenvalue weighted by atomic mass is 9.98. The van der Waals surface area contributed by atoms with E-state index in [1.54, 1.807) is 74.2 Å². The maximum Gasteiger partial charge on any atom is 0.314 e. The molecule has 6 heterocycles. The molecule has 8 rings (SSSR count). The summed E-state index contributed by atoms with van der Waals surface area (Å²) >= 11 is 7.90. The molecule has 22 heteroatoms. The zero-order valence-electron chi connectivity index (χ0n) is 42.5. The van der Waals surface area contributed by atoms with Gasteiger partial charge in [0.05, 0.1) is 73.1 Å². The van der Waals surface area contributed by atoms with Crippen LogP contribution in [0.15, 0.2) is 76.9 Å². The number of esters is 2. The number of amides is 1. The van der Waals surface area contributed by atoms with Gasteiger partial charge in [0.2, 0.25) is 22.7 Å². The largest absolute Gasteiger partial charge is 0.491 e. The van der Waals surface area contributed by atoms with Crippen LogP contribution >= 0.6 is 22.9 Å².